The molecule has 21 heavy (non-hydrogen) atoms. The highest BCUT2D eigenvalue weighted by Crippen LogP contribution is 2.35. The SMILES string of the molecule is C=CC=CC=CCCCC(C)=C1C(=O)CC(C)(C)CC1=O. The average Bonchev–Trinajstić information content (AvgIpc) is 2.35. The second-order valence-corrected chi connectivity index (χ2v) is 6.46. The number of unbranched alkanes of at least 4 members (excludes halogenated alkanes) is 1. The van der Waals surface area contributed by atoms with Gasteiger partial charge in [-0.3, -0.25) is 9.59 Å². The zero-order valence-corrected chi connectivity index (χ0v) is 13.4. The Bertz CT molecular complexity index is 480. The van der Waals surface area contributed by atoms with Gasteiger partial charge < -0.3 is 0 Å². The van der Waals surface area contributed by atoms with E-state index in [4.69, 9.17) is 0 Å². The first-order valence-electron chi connectivity index (χ1n) is 7.58. The van der Waals surface area contributed by atoms with Crippen molar-refractivity contribution in [2.75, 3.05) is 0 Å². The molecule has 1 rings (SSSR count). The lowest BCUT2D eigenvalue weighted by atomic mass is 9.73. The van der Waals surface area contributed by atoms with E-state index >= 15 is 0 Å². The fraction of sp³-hybridized carbons (Fsp3) is 0.474. The summed E-state index contributed by atoms with van der Waals surface area (Å²) < 4.78 is 0. The average molecular weight is 286 g/mol. The Morgan fingerprint density at radius 2 is 1.76 bits per heavy atom. The van der Waals surface area contributed by atoms with Crippen molar-refractivity contribution in [3.8, 4) is 0 Å². The lowest BCUT2D eigenvalue weighted by Gasteiger charge is -2.29. The summed E-state index contributed by atoms with van der Waals surface area (Å²) in [6.07, 6.45) is 13.3. The molecule has 0 bridgehead atoms. The molecule has 0 atom stereocenters. The summed E-state index contributed by atoms with van der Waals surface area (Å²) >= 11 is 0. The van der Waals surface area contributed by atoms with E-state index in [2.05, 4.69) is 12.7 Å². The summed E-state index contributed by atoms with van der Waals surface area (Å²) in [6, 6.07) is 0. The van der Waals surface area contributed by atoms with Gasteiger partial charge in [-0.1, -0.05) is 56.4 Å². The van der Waals surface area contributed by atoms with Gasteiger partial charge in [0.2, 0.25) is 0 Å². The van der Waals surface area contributed by atoms with Crippen molar-refractivity contribution in [3.63, 3.8) is 0 Å². The normalized spacial score (nSPS) is 18.7. The highest BCUT2D eigenvalue weighted by atomic mass is 16.1. The van der Waals surface area contributed by atoms with Crippen LogP contribution in [0.1, 0.15) is 52.9 Å². The number of allylic oxidation sites excluding steroid dienone is 7. The zero-order chi connectivity index (χ0) is 15.9. The zero-order valence-electron chi connectivity index (χ0n) is 13.4. The standard InChI is InChI=1S/C19H26O2/c1-5-6-7-8-9-10-11-12-15(2)18-16(20)13-19(3,4)14-17(18)21/h5-9H,1,10-14H2,2-4H3. The summed E-state index contributed by atoms with van der Waals surface area (Å²) in [7, 11) is 0. The molecule has 1 aliphatic carbocycles. The van der Waals surface area contributed by atoms with Gasteiger partial charge in [-0.25, -0.2) is 0 Å². The van der Waals surface area contributed by atoms with Crippen molar-refractivity contribution in [1.82, 2.24) is 0 Å². The number of carbonyl (C=O) groups excluding carboxylic acids is 2. The number of hydrogen-bond donors (Lipinski definition) is 0. The van der Waals surface area contributed by atoms with E-state index in [1.165, 1.54) is 0 Å². The van der Waals surface area contributed by atoms with Crippen LogP contribution < -0.4 is 0 Å². The Morgan fingerprint density at radius 1 is 1.14 bits per heavy atom. The van der Waals surface area contributed by atoms with Crippen LogP contribution in [0.3, 0.4) is 0 Å². The second kappa shape index (κ2) is 7.92. The van der Waals surface area contributed by atoms with Crippen molar-refractivity contribution >= 4 is 11.6 Å². The highest BCUT2D eigenvalue weighted by Gasteiger charge is 2.36. The lowest BCUT2D eigenvalue weighted by Crippen LogP contribution is -2.32. The van der Waals surface area contributed by atoms with Crippen molar-refractivity contribution in [2.45, 2.75) is 52.9 Å². The van der Waals surface area contributed by atoms with E-state index in [0.717, 1.165) is 24.8 Å². The Morgan fingerprint density at radius 3 is 2.33 bits per heavy atom. The number of Topliss-reactive ketones (excluding diaryl/α,β-unsaturated/α-hetero) is 2. The van der Waals surface area contributed by atoms with Crippen LogP contribution in [-0.2, 0) is 9.59 Å². The van der Waals surface area contributed by atoms with Crippen LogP contribution in [0.2, 0.25) is 0 Å². The molecule has 0 unspecified atom stereocenters. The minimum atomic E-state index is -0.182. The molecule has 0 saturated heterocycles. The minimum Gasteiger partial charge on any atom is -0.294 e. The molecule has 0 heterocycles. The molecule has 1 fully saturated rings. The Labute approximate surface area is 128 Å². The molecule has 0 amide bonds. The molecule has 1 aliphatic rings. The van der Waals surface area contributed by atoms with Crippen LogP contribution in [0.15, 0.2) is 48.1 Å². The summed E-state index contributed by atoms with van der Waals surface area (Å²) in [5.74, 6) is 0.0522. The van der Waals surface area contributed by atoms with Crippen LogP contribution in [0.25, 0.3) is 0 Å². The molecule has 0 N–H and O–H groups in total. The van der Waals surface area contributed by atoms with Gasteiger partial charge in [0.25, 0.3) is 0 Å². The first kappa shape index (κ1) is 17.4. The third-order valence-electron chi connectivity index (χ3n) is 3.68. The van der Waals surface area contributed by atoms with E-state index < -0.39 is 0 Å². The Kier molecular flexibility index (Phi) is 6.54. The summed E-state index contributed by atoms with van der Waals surface area (Å²) in [5, 5.41) is 0. The molecular formula is C19H26O2. The van der Waals surface area contributed by atoms with Crippen LogP contribution >= 0.6 is 0 Å². The quantitative estimate of drug-likeness (QED) is 0.306. The molecule has 0 spiro atoms. The molecule has 0 radical (unpaired) electrons. The van der Waals surface area contributed by atoms with Gasteiger partial charge in [-0.05, 0) is 31.6 Å². The van der Waals surface area contributed by atoms with Gasteiger partial charge >= 0.3 is 0 Å². The fourth-order valence-corrected chi connectivity index (χ4v) is 2.67. The van der Waals surface area contributed by atoms with Crippen LogP contribution in [0, 0.1) is 5.41 Å². The lowest BCUT2D eigenvalue weighted by molar-refractivity contribution is -0.127. The van der Waals surface area contributed by atoms with Crippen molar-refractivity contribution in [2.24, 2.45) is 5.41 Å². The summed E-state index contributed by atoms with van der Waals surface area (Å²) in [4.78, 5) is 24.3. The molecular weight excluding hydrogens is 260 g/mol. The topological polar surface area (TPSA) is 34.1 Å². The molecule has 2 nitrogen and oxygen atoms in total. The van der Waals surface area contributed by atoms with Crippen molar-refractivity contribution < 1.29 is 9.59 Å². The van der Waals surface area contributed by atoms with Crippen LogP contribution in [0.5, 0.6) is 0 Å². The largest absolute Gasteiger partial charge is 0.294 e. The first-order valence-corrected chi connectivity index (χ1v) is 7.58. The number of hydrogen-bond acceptors (Lipinski definition) is 2. The molecule has 0 aliphatic heterocycles. The third kappa shape index (κ3) is 5.66. The van der Waals surface area contributed by atoms with Gasteiger partial charge in [0.15, 0.2) is 11.6 Å². The van der Waals surface area contributed by atoms with E-state index in [1.807, 2.05) is 39.0 Å². The van der Waals surface area contributed by atoms with Crippen molar-refractivity contribution in [3.05, 3.63) is 48.1 Å². The predicted molar refractivity (Wildman–Crippen MR) is 88.1 cm³/mol. The van der Waals surface area contributed by atoms with E-state index in [-0.39, 0.29) is 17.0 Å². The first-order chi connectivity index (χ1) is 9.87. The van der Waals surface area contributed by atoms with E-state index in [1.54, 1.807) is 6.08 Å². The van der Waals surface area contributed by atoms with Crippen LogP contribution in [0.4, 0.5) is 0 Å². The molecule has 0 aromatic rings. The maximum atomic E-state index is 12.2. The fourth-order valence-electron chi connectivity index (χ4n) is 2.67. The third-order valence-corrected chi connectivity index (χ3v) is 3.68. The van der Waals surface area contributed by atoms with Gasteiger partial charge in [0.05, 0.1) is 5.57 Å². The molecule has 0 aromatic carbocycles. The Balaban J connectivity index is 2.57. The maximum Gasteiger partial charge on any atom is 0.166 e. The Hall–Kier alpha value is -1.70. The smallest absolute Gasteiger partial charge is 0.166 e. The molecule has 1 saturated carbocycles. The second-order valence-electron chi connectivity index (χ2n) is 6.46. The number of rotatable bonds is 6. The van der Waals surface area contributed by atoms with Gasteiger partial charge in [0, 0.05) is 12.8 Å². The predicted octanol–water partition coefficient (Wildman–Crippen LogP) is 4.73. The monoisotopic (exact) mass is 286 g/mol. The highest BCUT2D eigenvalue weighted by molar-refractivity contribution is 6.22. The number of ketones is 2. The maximum absolute atomic E-state index is 12.2. The summed E-state index contributed by atoms with van der Waals surface area (Å²) in [5.41, 5.74) is 1.25. The minimum absolute atomic E-state index is 0.0261. The summed E-state index contributed by atoms with van der Waals surface area (Å²) in [6.45, 7) is 9.49. The molecule has 114 valence electrons. The van der Waals surface area contributed by atoms with Gasteiger partial charge in [-0.15, -0.1) is 0 Å². The van der Waals surface area contributed by atoms with Crippen molar-refractivity contribution in [1.29, 1.82) is 0 Å². The molecule has 2 heteroatoms. The van der Waals surface area contributed by atoms with E-state index in [9.17, 15) is 9.59 Å². The van der Waals surface area contributed by atoms with Crippen LogP contribution in [-0.4, -0.2) is 11.6 Å². The number of carbonyl (C=O) groups is 2. The van der Waals surface area contributed by atoms with Gasteiger partial charge in [-0.2, -0.15) is 0 Å². The molecule has 0 aromatic heterocycles. The van der Waals surface area contributed by atoms with Gasteiger partial charge in [0.1, 0.15) is 0 Å². The van der Waals surface area contributed by atoms with E-state index in [0.29, 0.717) is 18.4 Å².